The van der Waals surface area contributed by atoms with Gasteiger partial charge in [-0.1, -0.05) is 66.2 Å². The fraction of sp³-hybridized carbons (Fsp3) is 0.316. The third-order valence-corrected chi connectivity index (χ3v) is 3.51. The SMILES string of the molecule is CN(CO)CNC(C)(C=O)c1ccccc1.Cc1ccccc1. The number of nitrogens with zero attached hydrogens (tertiary/aromatic N) is 1. The summed E-state index contributed by atoms with van der Waals surface area (Å²) in [7, 11) is 1.77. The first-order valence-corrected chi connectivity index (χ1v) is 7.60. The van der Waals surface area contributed by atoms with Gasteiger partial charge in [0.1, 0.15) is 6.29 Å². The van der Waals surface area contributed by atoms with Gasteiger partial charge < -0.3 is 9.90 Å². The molecular formula is C19H26N2O2. The molecule has 0 heterocycles. The zero-order chi connectivity index (χ0) is 17.1. The molecule has 1 atom stereocenters. The number of carbonyl (C=O) groups excluding carboxylic acids is 1. The summed E-state index contributed by atoms with van der Waals surface area (Å²) in [5.74, 6) is 0. The van der Waals surface area contributed by atoms with Crippen molar-refractivity contribution in [3.05, 3.63) is 71.8 Å². The van der Waals surface area contributed by atoms with Gasteiger partial charge in [0.2, 0.25) is 0 Å². The van der Waals surface area contributed by atoms with Gasteiger partial charge in [-0.2, -0.15) is 0 Å². The molecule has 0 amide bonds. The first-order valence-electron chi connectivity index (χ1n) is 7.60. The second-order valence-electron chi connectivity index (χ2n) is 5.67. The summed E-state index contributed by atoms with van der Waals surface area (Å²) in [5, 5.41) is 12.0. The van der Waals surface area contributed by atoms with Crippen LogP contribution < -0.4 is 5.32 Å². The quantitative estimate of drug-likeness (QED) is 0.635. The molecule has 0 saturated carbocycles. The number of benzene rings is 2. The Bertz CT molecular complexity index is 560. The third-order valence-electron chi connectivity index (χ3n) is 3.51. The zero-order valence-electron chi connectivity index (χ0n) is 14.1. The summed E-state index contributed by atoms with van der Waals surface area (Å²) < 4.78 is 0. The Morgan fingerprint density at radius 2 is 1.61 bits per heavy atom. The maximum Gasteiger partial charge on any atom is 0.144 e. The molecule has 124 valence electrons. The van der Waals surface area contributed by atoms with Crippen LogP contribution in [0.1, 0.15) is 18.1 Å². The van der Waals surface area contributed by atoms with E-state index in [0.717, 1.165) is 11.8 Å². The second kappa shape index (κ2) is 9.90. The number of nitrogens with one attached hydrogen (secondary N) is 1. The van der Waals surface area contributed by atoms with E-state index in [1.54, 1.807) is 11.9 Å². The summed E-state index contributed by atoms with van der Waals surface area (Å²) in [6.07, 6.45) is 0.882. The monoisotopic (exact) mass is 314 g/mol. The molecule has 4 heteroatoms. The first-order chi connectivity index (χ1) is 11.0. The summed E-state index contributed by atoms with van der Waals surface area (Å²) in [6.45, 7) is 4.30. The normalized spacial score (nSPS) is 12.9. The zero-order valence-corrected chi connectivity index (χ0v) is 14.1. The third kappa shape index (κ3) is 6.74. The Hall–Kier alpha value is -2.01. The first kappa shape index (κ1) is 19.0. The van der Waals surface area contributed by atoms with E-state index < -0.39 is 5.54 Å². The van der Waals surface area contributed by atoms with Crippen LogP contribution in [-0.4, -0.2) is 36.7 Å². The van der Waals surface area contributed by atoms with Crippen molar-refractivity contribution < 1.29 is 9.90 Å². The van der Waals surface area contributed by atoms with Gasteiger partial charge in [0.15, 0.2) is 0 Å². The minimum atomic E-state index is -0.718. The van der Waals surface area contributed by atoms with E-state index in [0.29, 0.717) is 6.67 Å². The summed E-state index contributed by atoms with van der Waals surface area (Å²) in [4.78, 5) is 12.9. The molecule has 0 radical (unpaired) electrons. The summed E-state index contributed by atoms with van der Waals surface area (Å²) in [6, 6.07) is 19.8. The number of aryl methyl sites for hydroxylation is 1. The smallest absolute Gasteiger partial charge is 0.144 e. The maximum absolute atomic E-state index is 11.2. The van der Waals surface area contributed by atoms with Crippen LogP contribution in [-0.2, 0) is 10.3 Å². The van der Waals surface area contributed by atoms with Crippen molar-refractivity contribution in [2.75, 3.05) is 20.4 Å². The summed E-state index contributed by atoms with van der Waals surface area (Å²) >= 11 is 0. The lowest BCUT2D eigenvalue weighted by Gasteiger charge is -2.27. The highest BCUT2D eigenvalue weighted by Gasteiger charge is 2.25. The lowest BCUT2D eigenvalue weighted by atomic mass is 9.94. The minimum Gasteiger partial charge on any atom is -0.381 e. The lowest BCUT2D eigenvalue weighted by Crippen LogP contribution is -2.46. The molecular weight excluding hydrogens is 288 g/mol. The number of aldehydes is 1. The average molecular weight is 314 g/mol. The molecule has 0 fully saturated rings. The van der Waals surface area contributed by atoms with Gasteiger partial charge in [0, 0.05) is 0 Å². The second-order valence-corrected chi connectivity index (χ2v) is 5.67. The van der Waals surface area contributed by atoms with Crippen molar-refractivity contribution in [3.63, 3.8) is 0 Å². The van der Waals surface area contributed by atoms with Crippen molar-refractivity contribution in [3.8, 4) is 0 Å². The van der Waals surface area contributed by atoms with Gasteiger partial charge in [0.25, 0.3) is 0 Å². The Kier molecular flexibility index (Phi) is 8.19. The van der Waals surface area contributed by atoms with Crippen molar-refractivity contribution in [2.24, 2.45) is 0 Å². The fourth-order valence-corrected chi connectivity index (χ4v) is 1.88. The fourth-order valence-electron chi connectivity index (χ4n) is 1.88. The van der Waals surface area contributed by atoms with Crippen molar-refractivity contribution in [2.45, 2.75) is 19.4 Å². The van der Waals surface area contributed by atoms with E-state index in [-0.39, 0.29) is 6.73 Å². The van der Waals surface area contributed by atoms with Crippen LogP contribution in [0.4, 0.5) is 0 Å². The Morgan fingerprint density at radius 1 is 1.09 bits per heavy atom. The molecule has 0 aromatic heterocycles. The Labute approximate surface area is 138 Å². The van der Waals surface area contributed by atoms with Gasteiger partial charge in [0.05, 0.1) is 18.9 Å². The van der Waals surface area contributed by atoms with E-state index in [1.165, 1.54) is 5.56 Å². The van der Waals surface area contributed by atoms with Crippen LogP contribution in [0.2, 0.25) is 0 Å². The number of hydrogen-bond acceptors (Lipinski definition) is 4. The molecule has 0 saturated heterocycles. The number of aliphatic hydroxyl groups is 1. The molecule has 0 aliphatic rings. The van der Waals surface area contributed by atoms with Gasteiger partial charge >= 0.3 is 0 Å². The summed E-state index contributed by atoms with van der Waals surface area (Å²) in [5.41, 5.74) is 1.52. The predicted octanol–water partition coefficient (Wildman–Crippen LogP) is 2.52. The predicted molar refractivity (Wildman–Crippen MR) is 93.9 cm³/mol. The molecule has 0 spiro atoms. The number of rotatable bonds is 6. The molecule has 2 aromatic rings. The van der Waals surface area contributed by atoms with E-state index in [2.05, 4.69) is 24.4 Å². The van der Waals surface area contributed by atoms with Crippen molar-refractivity contribution >= 4 is 6.29 Å². The molecule has 2 rings (SSSR count). The van der Waals surface area contributed by atoms with Crippen LogP contribution >= 0.6 is 0 Å². The molecule has 23 heavy (non-hydrogen) atoms. The van der Waals surface area contributed by atoms with Gasteiger partial charge in [-0.15, -0.1) is 0 Å². The Morgan fingerprint density at radius 3 is 2.00 bits per heavy atom. The molecule has 4 nitrogen and oxygen atoms in total. The highest BCUT2D eigenvalue weighted by molar-refractivity contribution is 5.67. The molecule has 2 aromatic carbocycles. The number of aliphatic hydroxyl groups excluding tert-OH is 1. The maximum atomic E-state index is 11.2. The standard InChI is InChI=1S/C12H18N2O2.C7H8/c1-12(8-15,13-9-14(2)10-16)11-6-4-3-5-7-11;1-7-5-3-2-4-6-7/h3-8,13,16H,9-10H2,1-2H3;2-6H,1H3. The lowest BCUT2D eigenvalue weighted by molar-refractivity contribution is -0.113. The Balaban J connectivity index is 0.000000313. The van der Waals surface area contributed by atoms with Crippen molar-refractivity contribution in [1.82, 2.24) is 10.2 Å². The van der Waals surface area contributed by atoms with E-state index in [9.17, 15) is 4.79 Å². The van der Waals surface area contributed by atoms with Gasteiger partial charge in [-0.25, -0.2) is 0 Å². The van der Waals surface area contributed by atoms with Crippen LogP contribution in [0.3, 0.4) is 0 Å². The number of carbonyl (C=O) groups is 1. The van der Waals surface area contributed by atoms with Crippen LogP contribution in [0.5, 0.6) is 0 Å². The molecule has 0 aliphatic heterocycles. The largest absolute Gasteiger partial charge is 0.381 e. The molecule has 1 unspecified atom stereocenters. The van der Waals surface area contributed by atoms with Crippen LogP contribution in [0.25, 0.3) is 0 Å². The van der Waals surface area contributed by atoms with E-state index in [1.807, 2.05) is 55.5 Å². The van der Waals surface area contributed by atoms with E-state index >= 15 is 0 Å². The molecule has 2 N–H and O–H groups in total. The molecule has 0 aliphatic carbocycles. The van der Waals surface area contributed by atoms with Gasteiger partial charge in [-0.05, 0) is 26.5 Å². The van der Waals surface area contributed by atoms with E-state index in [4.69, 9.17) is 5.11 Å². The van der Waals surface area contributed by atoms with Gasteiger partial charge in [-0.3, -0.25) is 10.2 Å². The molecule has 0 bridgehead atoms. The number of hydrogen-bond donors (Lipinski definition) is 2. The van der Waals surface area contributed by atoms with Crippen molar-refractivity contribution in [1.29, 1.82) is 0 Å². The minimum absolute atomic E-state index is 0.0449. The topological polar surface area (TPSA) is 52.6 Å². The average Bonchev–Trinajstić information content (AvgIpc) is 2.61. The van der Waals surface area contributed by atoms with Crippen LogP contribution in [0, 0.1) is 6.92 Å². The van der Waals surface area contributed by atoms with Crippen LogP contribution in [0.15, 0.2) is 60.7 Å². The highest BCUT2D eigenvalue weighted by atomic mass is 16.3. The highest BCUT2D eigenvalue weighted by Crippen LogP contribution is 2.17.